The number of rotatable bonds is 6. The fourth-order valence-electron chi connectivity index (χ4n) is 2.93. The molecule has 0 aromatic heterocycles. The van der Waals surface area contributed by atoms with Gasteiger partial charge in [0, 0.05) is 37.5 Å². The van der Waals surface area contributed by atoms with Crippen LogP contribution in [0, 0.1) is 0 Å². The number of aliphatic imine (C=N–C) groups is 1. The zero-order chi connectivity index (χ0) is 14.9. The fourth-order valence-corrected chi connectivity index (χ4v) is 3.72. The summed E-state index contributed by atoms with van der Waals surface area (Å²) in [6.07, 6.45) is 6.06. The van der Waals surface area contributed by atoms with E-state index in [1.165, 1.54) is 19.3 Å². The minimum absolute atomic E-state index is 0.587. The first-order valence-corrected chi connectivity index (χ1v) is 9.48. The van der Waals surface area contributed by atoms with Crippen LogP contribution in [-0.2, 0) is 4.74 Å². The highest BCUT2D eigenvalue weighted by molar-refractivity contribution is 7.99. The van der Waals surface area contributed by atoms with Crippen LogP contribution in [0.5, 0.6) is 0 Å². The number of morpholine rings is 1. The average Bonchev–Trinajstić information content (AvgIpc) is 2.96. The van der Waals surface area contributed by atoms with Gasteiger partial charge in [-0.2, -0.15) is 11.8 Å². The number of nitrogens with one attached hydrogen (secondary N) is 2. The molecule has 0 aromatic rings. The van der Waals surface area contributed by atoms with Crippen molar-refractivity contribution in [2.24, 2.45) is 4.99 Å². The summed E-state index contributed by atoms with van der Waals surface area (Å²) >= 11 is 1.99. The standard InChI is InChI=1S/C15H30N4OS/c1-3-16-15(18-13-4-5-14(12-13)21-2)17-6-7-19-8-10-20-11-9-19/h13-14H,3-12H2,1-2H3,(H2,16,17,18). The zero-order valence-corrected chi connectivity index (χ0v) is 14.3. The van der Waals surface area contributed by atoms with E-state index >= 15 is 0 Å². The average molecular weight is 314 g/mol. The molecule has 2 N–H and O–H groups in total. The van der Waals surface area contributed by atoms with Crippen molar-refractivity contribution >= 4 is 17.7 Å². The summed E-state index contributed by atoms with van der Waals surface area (Å²) in [4.78, 5) is 7.15. The highest BCUT2D eigenvalue weighted by atomic mass is 32.2. The minimum atomic E-state index is 0.587. The largest absolute Gasteiger partial charge is 0.379 e. The van der Waals surface area contributed by atoms with Gasteiger partial charge in [0.15, 0.2) is 5.96 Å². The minimum Gasteiger partial charge on any atom is -0.379 e. The molecule has 0 spiro atoms. The third-order valence-electron chi connectivity index (χ3n) is 4.19. The molecule has 2 atom stereocenters. The molecule has 2 rings (SSSR count). The van der Waals surface area contributed by atoms with Crippen LogP contribution in [0.1, 0.15) is 26.2 Å². The molecule has 0 amide bonds. The Morgan fingerprint density at radius 2 is 2.14 bits per heavy atom. The first kappa shape index (κ1) is 16.9. The molecule has 1 saturated heterocycles. The normalized spacial score (nSPS) is 27.8. The van der Waals surface area contributed by atoms with E-state index < -0.39 is 0 Å². The molecule has 2 aliphatic rings. The lowest BCUT2D eigenvalue weighted by Gasteiger charge is -2.26. The summed E-state index contributed by atoms with van der Waals surface area (Å²) in [6, 6.07) is 0.587. The third-order valence-corrected chi connectivity index (χ3v) is 5.29. The molecule has 1 saturated carbocycles. The van der Waals surface area contributed by atoms with E-state index in [4.69, 9.17) is 9.73 Å². The second-order valence-electron chi connectivity index (χ2n) is 5.73. The Bertz CT molecular complexity index is 321. The van der Waals surface area contributed by atoms with E-state index in [0.29, 0.717) is 6.04 Å². The molecule has 1 aliphatic carbocycles. The maximum atomic E-state index is 5.37. The van der Waals surface area contributed by atoms with Crippen LogP contribution in [-0.4, -0.2) is 74.3 Å². The molecule has 0 bridgehead atoms. The second-order valence-corrected chi connectivity index (χ2v) is 6.86. The van der Waals surface area contributed by atoms with E-state index in [0.717, 1.165) is 57.1 Å². The first-order valence-electron chi connectivity index (χ1n) is 8.19. The van der Waals surface area contributed by atoms with Crippen molar-refractivity contribution in [3.63, 3.8) is 0 Å². The summed E-state index contributed by atoms with van der Waals surface area (Å²) < 4.78 is 5.37. The second kappa shape index (κ2) is 9.54. The van der Waals surface area contributed by atoms with Crippen LogP contribution in [0.3, 0.4) is 0 Å². The van der Waals surface area contributed by atoms with E-state index in [1.807, 2.05) is 11.8 Å². The van der Waals surface area contributed by atoms with E-state index in [9.17, 15) is 0 Å². The van der Waals surface area contributed by atoms with E-state index in [1.54, 1.807) is 0 Å². The molecular formula is C15H30N4OS. The van der Waals surface area contributed by atoms with Gasteiger partial charge in [0.1, 0.15) is 0 Å². The summed E-state index contributed by atoms with van der Waals surface area (Å²) in [6.45, 7) is 8.72. The van der Waals surface area contributed by atoms with E-state index in [-0.39, 0.29) is 0 Å². The summed E-state index contributed by atoms with van der Waals surface area (Å²) in [5.74, 6) is 0.984. The van der Waals surface area contributed by atoms with Gasteiger partial charge in [-0.25, -0.2) is 0 Å². The maximum absolute atomic E-state index is 5.37. The molecular weight excluding hydrogens is 284 g/mol. The molecule has 21 heavy (non-hydrogen) atoms. The Hall–Kier alpha value is -0.460. The number of ether oxygens (including phenoxy) is 1. The molecule has 6 heteroatoms. The van der Waals surface area contributed by atoms with Crippen molar-refractivity contribution < 1.29 is 4.74 Å². The molecule has 1 aliphatic heterocycles. The number of thioether (sulfide) groups is 1. The van der Waals surface area contributed by atoms with Crippen molar-refractivity contribution in [3.8, 4) is 0 Å². The van der Waals surface area contributed by atoms with Crippen molar-refractivity contribution in [2.45, 2.75) is 37.5 Å². The zero-order valence-electron chi connectivity index (χ0n) is 13.4. The summed E-state index contributed by atoms with van der Waals surface area (Å²) in [5.41, 5.74) is 0. The van der Waals surface area contributed by atoms with Crippen LogP contribution in [0.2, 0.25) is 0 Å². The Labute approximate surface area is 133 Å². The molecule has 2 fully saturated rings. The lowest BCUT2D eigenvalue weighted by Crippen LogP contribution is -2.43. The lowest BCUT2D eigenvalue weighted by molar-refractivity contribution is 0.0394. The predicted octanol–water partition coefficient (Wildman–Crippen LogP) is 1.16. The van der Waals surface area contributed by atoms with Crippen LogP contribution in [0.25, 0.3) is 0 Å². The Morgan fingerprint density at radius 3 is 2.81 bits per heavy atom. The van der Waals surface area contributed by atoms with Crippen LogP contribution < -0.4 is 10.6 Å². The van der Waals surface area contributed by atoms with Crippen LogP contribution >= 0.6 is 11.8 Å². The summed E-state index contributed by atoms with van der Waals surface area (Å²) in [7, 11) is 0. The van der Waals surface area contributed by atoms with Crippen molar-refractivity contribution in [1.82, 2.24) is 15.5 Å². The maximum Gasteiger partial charge on any atom is 0.191 e. The first-order chi connectivity index (χ1) is 10.3. The molecule has 1 heterocycles. The van der Waals surface area contributed by atoms with Crippen molar-refractivity contribution in [2.75, 3.05) is 52.2 Å². The van der Waals surface area contributed by atoms with Crippen LogP contribution in [0.4, 0.5) is 0 Å². The van der Waals surface area contributed by atoms with Gasteiger partial charge in [-0.05, 0) is 32.4 Å². The lowest BCUT2D eigenvalue weighted by atomic mass is 10.2. The molecule has 122 valence electrons. The Morgan fingerprint density at radius 1 is 1.33 bits per heavy atom. The fraction of sp³-hybridized carbons (Fsp3) is 0.933. The van der Waals surface area contributed by atoms with Gasteiger partial charge in [-0.15, -0.1) is 0 Å². The highest BCUT2D eigenvalue weighted by Gasteiger charge is 2.24. The van der Waals surface area contributed by atoms with Gasteiger partial charge in [-0.3, -0.25) is 9.89 Å². The Balaban J connectivity index is 1.73. The van der Waals surface area contributed by atoms with Gasteiger partial charge in [0.25, 0.3) is 0 Å². The van der Waals surface area contributed by atoms with Crippen LogP contribution in [0.15, 0.2) is 4.99 Å². The Kier molecular flexibility index (Phi) is 7.68. The van der Waals surface area contributed by atoms with Crippen molar-refractivity contribution in [3.05, 3.63) is 0 Å². The predicted molar refractivity (Wildman–Crippen MR) is 91.3 cm³/mol. The van der Waals surface area contributed by atoms with Gasteiger partial charge in [0.2, 0.25) is 0 Å². The van der Waals surface area contributed by atoms with Gasteiger partial charge in [0.05, 0.1) is 19.8 Å². The van der Waals surface area contributed by atoms with E-state index in [2.05, 4.69) is 28.7 Å². The monoisotopic (exact) mass is 314 g/mol. The number of guanidine groups is 1. The summed E-state index contributed by atoms with van der Waals surface area (Å²) in [5, 5.41) is 7.79. The molecule has 2 unspecified atom stereocenters. The topological polar surface area (TPSA) is 48.9 Å². The van der Waals surface area contributed by atoms with Gasteiger partial charge >= 0.3 is 0 Å². The highest BCUT2D eigenvalue weighted by Crippen LogP contribution is 2.27. The number of hydrogen-bond acceptors (Lipinski definition) is 4. The molecule has 5 nitrogen and oxygen atoms in total. The number of hydrogen-bond donors (Lipinski definition) is 2. The molecule has 0 radical (unpaired) electrons. The quantitative estimate of drug-likeness (QED) is 0.569. The number of nitrogens with zero attached hydrogens (tertiary/aromatic N) is 2. The van der Waals surface area contributed by atoms with Crippen molar-refractivity contribution in [1.29, 1.82) is 0 Å². The van der Waals surface area contributed by atoms with Gasteiger partial charge < -0.3 is 15.4 Å². The SMILES string of the molecule is CCNC(=NCCN1CCOCC1)NC1CCC(SC)C1. The van der Waals surface area contributed by atoms with Gasteiger partial charge in [-0.1, -0.05) is 0 Å². The third kappa shape index (κ3) is 6.04. The molecule has 0 aromatic carbocycles. The smallest absolute Gasteiger partial charge is 0.191 e.